The van der Waals surface area contributed by atoms with E-state index < -0.39 is 27.8 Å². The van der Waals surface area contributed by atoms with Crippen LogP contribution in [0.3, 0.4) is 0 Å². The van der Waals surface area contributed by atoms with E-state index in [1.165, 1.54) is 11.1 Å². The molecule has 2 aromatic carbocycles. The third-order valence-electron chi connectivity index (χ3n) is 9.24. The SMILES string of the molecule is Cc1cc(-c2ccc(=O)n(C(C)C)c2)ccc1CCCCC(NC(=O)OC(C)(C)C)C(=O)Nc1ccc(-c2c(C)nn(COCCS(C)(C)C)c2C)cc1. The minimum Gasteiger partial charge on any atom is -0.444 e. The maximum atomic E-state index is 13.6. The summed E-state index contributed by atoms with van der Waals surface area (Å²) in [6, 6.07) is 16.9. The van der Waals surface area contributed by atoms with Crippen LogP contribution >= 0.6 is 10.0 Å². The van der Waals surface area contributed by atoms with E-state index in [0.29, 0.717) is 25.4 Å². The van der Waals surface area contributed by atoms with E-state index in [1.807, 2.05) is 68.9 Å². The Labute approximate surface area is 323 Å². The third kappa shape index (κ3) is 12.3. The molecule has 0 bridgehead atoms. The Morgan fingerprint density at radius 2 is 1.57 bits per heavy atom. The number of amides is 2. The molecule has 0 spiro atoms. The second-order valence-electron chi connectivity index (χ2n) is 16.3. The van der Waals surface area contributed by atoms with Crippen LogP contribution in [-0.4, -0.2) is 69.1 Å². The molecule has 0 saturated carbocycles. The molecule has 0 saturated heterocycles. The summed E-state index contributed by atoms with van der Waals surface area (Å²) < 4.78 is 15.1. The highest BCUT2D eigenvalue weighted by Crippen LogP contribution is 2.34. The number of carbonyl (C=O) groups is 2. The van der Waals surface area contributed by atoms with Crippen LogP contribution in [0.15, 0.2) is 65.6 Å². The number of hydrogen-bond donors (Lipinski definition) is 2. The number of unbranched alkanes of at least 4 members (excludes halogenated alkanes) is 1. The first-order chi connectivity index (χ1) is 25.3. The second-order valence-corrected chi connectivity index (χ2v) is 20.9. The average Bonchev–Trinajstić information content (AvgIpc) is 3.36. The Morgan fingerprint density at radius 3 is 2.20 bits per heavy atom. The molecule has 11 heteroatoms. The fourth-order valence-corrected chi connectivity index (χ4v) is 6.88. The zero-order valence-electron chi connectivity index (χ0n) is 34.2. The van der Waals surface area contributed by atoms with Gasteiger partial charge in [-0.05, 0) is 139 Å². The Bertz CT molecular complexity index is 1950. The molecule has 10 nitrogen and oxygen atoms in total. The number of aryl methyl sites for hydroxylation is 3. The molecule has 0 aliphatic rings. The number of benzene rings is 2. The number of anilines is 1. The standard InChI is InChI=1S/C43H61N5O5S/c1-29(2)47-27-36(20-23-39(47)49)35-17-16-33(30(3)26-35)14-12-13-15-38(45-42(51)53-43(6,7)8)41(50)44-37-21-18-34(19-22-37)40-31(4)46-48(32(40)5)28-52-24-25-54(9,10)11/h16-23,26-27,29,38H,12-15,24-25,28H2,1-11H3,(H,44,50)(H,45,51). The van der Waals surface area contributed by atoms with Gasteiger partial charge in [-0.25, -0.2) is 19.5 Å². The molecule has 4 aromatic rings. The van der Waals surface area contributed by atoms with Gasteiger partial charge in [-0.1, -0.05) is 36.8 Å². The van der Waals surface area contributed by atoms with Crippen molar-refractivity contribution < 1.29 is 19.1 Å². The Morgan fingerprint density at radius 1 is 0.907 bits per heavy atom. The summed E-state index contributed by atoms with van der Waals surface area (Å²) in [7, 11) is -0.616. The van der Waals surface area contributed by atoms with Gasteiger partial charge in [-0.3, -0.25) is 9.59 Å². The Hall–Kier alpha value is -4.35. The van der Waals surface area contributed by atoms with E-state index in [4.69, 9.17) is 14.6 Å². The summed E-state index contributed by atoms with van der Waals surface area (Å²) in [5, 5.41) is 10.5. The molecule has 294 valence electrons. The molecule has 0 aliphatic heterocycles. The van der Waals surface area contributed by atoms with Crippen LogP contribution in [0.1, 0.15) is 82.4 Å². The quantitative estimate of drug-likeness (QED) is 0.110. The number of ether oxygens (including phenoxy) is 2. The zero-order chi connectivity index (χ0) is 39.8. The Kier molecular flexibility index (Phi) is 14.4. The smallest absolute Gasteiger partial charge is 0.408 e. The molecule has 4 rings (SSSR count). The molecule has 0 fully saturated rings. The van der Waals surface area contributed by atoms with Gasteiger partial charge in [0.05, 0.1) is 12.3 Å². The van der Waals surface area contributed by atoms with Crippen molar-refractivity contribution >= 4 is 27.7 Å². The van der Waals surface area contributed by atoms with Crippen LogP contribution in [0.4, 0.5) is 10.5 Å². The highest BCUT2D eigenvalue weighted by Gasteiger charge is 2.25. The van der Waals surface area contributed by atoms with Crippen LogP contribution in [0.2, 0.25) is 0 Å². The molecule has 0 aliphatic carbocycles. The lowest BCUT2D eigenvalue weighted by molar-refractivity contribution is -0.118. The summed E-state index contributed by atoms with van der Waals surface area (Å²) in [5.74, 6) is 0.752. The minimum atomic E-state index is -0.776. The van der Waals surface area contributed by atoms with E-state index in [-0.39, 0.29) is 17.5 Å². The topological polar surface area (TPSA) is 116 Å². The summed E-state index contributed by atoms with van der Waals surface area (Å²) in [6.07, 6.45) is 11.0. The van der Waals surface area contributed by atoms with E-state index >= 15 is 0 Å². The predicted octanol–water partition coefficient (Wildman–Crippen LogP) is 8.80. The lowest BCUT2D eigenvalue weighted by Crippen LogP contribution is -2.45. The van der Waals surface area contributed by atoms with Gasteiger partial charge in [-0.2, -0.15) is 5.10 Å². The number of nitrogens with zero attached hydrogens (tertiary/aromatic N) is 3. The highest BCUT2D eigenvalue weighted by atomic mass is 32.3. The molecule has 1 atom stereocenters. The predicted molar refractivity (Wildman–Crippen MR) is 224 cm³/mol. The number of rotatable bonds is 16. The maximum Gasteiger partial charge on any atom is 0.408 e. The van der Waals surface area contributed by atoms with Gasteiger partial charge in [0, 0.05) is 41.0 Å². The molecule has 2 N–H and O–H groups in total. The number of pyridine rings is 1. The monoisotopic (exact) mass is 759 g/mol. The largest absolute Gasteiger partial charge is 0.444 e. The van der Waals surface area contributed by atoms with Crippen LogP contribution in [0.25, 0.3) is 22.3 Å². The van der Waals surface area contributed by atoms with Gasteiger partial charge in [-0.15, -0.1) is 0 Å². The molecule has 2 amide bonds. The second kappa shape index (κ2) is 18.3. The zero-order valence-corrected chi connectivity index (χ0v) is 35.0. The molecule has 1 unspecified atom stereocenters. The molecular formula is C43H61N5O5S. The molecular weight excluding hydrogens is 699 g/mol. The molecule has 2 aromatic heterocycles. The van der Waals surface area contributed by atoms with Crippen molar-refractivity contribution in [2.45, 2.75) is 105 Å². The number of hydrogen-bond acceptors (Lipinski definition) is 6. The van der Waals surface area contributed by atoms with Crippen LogP contribution in [0.5, 0.6) is 0 Å². The van der Waals surface area contributed by atoms with Crippen molar-refractivity contribution in [2.24, 2.45) is 0 Å². The van der Waals surface area contributed by atoms with Gasteiger partial charge >= 0.3 is 6.09 Å². The van der Waals surface area contributed by atoms with Crippen LogP contribution in [-0.2, 0) is 27.4 Å². The number of carbonyl (C=O) groups excluding carboxylic acids is 2. The first-order valence-electron chi connectivity index (χ1n) is 18.8. The summed E-state index contributed by atoms with van der Waals surface area (Å²) in [6.45, 7) is 16.6. The molecule has 2 heterocycles. The number of nitrogens with one attached hydrogen (secondary N) is 2. The van der Waals surface area contributed by atoms with Crippen molar-refractivity contribution in [2.75, 3.05) is 36.4 Å². The summed E-state index contributed by atoms with van der Waals surface area (Å²) in [4.78, 5) is 38.7. The number of aromatic nitrogens is 3. The van der Waals surface area contributed by atoms with E-state index in [9.17, 15) is 14.4 Å². The summed E-state index contributed by atoms with van der Waals surface area (Å²) >= 11 is 0. The number of alkyl carbamates (subject to hydrolysis) is 1. The Balaban J connectivity index is 1.39. The van der Waals surface area contributed by atoms with Crippen molar-refractivity contribution in [3.8, 4) is 22.3 Å². The lowest BCUT2D eigenvalue weighted by Gasteiger charge is -2.24. The van der Waals surface area contributed by atoms with Gasteiger partial charge in [0.2, 0.25) is 5.91 Å². The van der Waals surface area contributed by atoms with E-state index in [1.54, 1.807) is 31.4 Å². The fraction of sp³-hybridized carbons (Fsp3) is 0.488. The molecule has 0 radical (unpaired) electrons. The summed E-state index contributed by atoms with van der Waals surface area (Å²) in [5.41, 5.74) is 8.38. The molecule has 54 heavy (non-hydrogen) atoms. The van der Waals surface area contributed by atoms with Crippen molar-refractivity contribution in [1.82, 2.24) is 19.7 Å². The lowest BCUT2D eigenvalue weighted by atomic mass is 9.96. The fourth-order valence-electron chi connectivity index (χ4n) is 6.27. The van der Waals surface area contributed by atoms with E-state index in [0.717, 1.165) is 58.7 Å². The average molecular weight is 760 g/mol. The normalized spacial score (nSPS) is 12.8. The van der Waals surface area contributed by atoms with Crippen molar-refractivity contribution in [3.05, 3.63) is 93.7 Å². The van der Waals surface area contributed by atoms with Crippen LogP contribution < -0.4 is 16.2 Å². The van der Waals surface area contributed by atoms with Crippen molar-refractivity contribution in [3.63, 3.8) is 0 Å². The van der Waals surface area contributed by atoms with Gasteiger partial charge in [0.25, 0.3) is 5.56 Å². The van der Waals surface area contributed by atoms with Crippen LogP contribution in [0, 0.1) is 20.8 Å². The van der Waals surface area contributed by atoms with Crippen molar-refractivity contribution in [1.29, 1.82) is 0 Å². The highest BCUT2D eigenvalue weighted by molar-refractivity contribution is 8.32. The third-order valence-corrected chi connectivity index (χ3v) is 10.6. The van der Waals surface area contributed by atoms with Gasteiger partial charge < -0.3 is 24.7 Å². The minimum absolute atomic E-state index is 0.00742. The first-order valence-corrected chi connectivity index (χ1v) is 21.8. The maximum absolute atomic E-state index is 13.6. The first kappa shape index (κ1) is 42.4. The van der Waals surface area contributed by atoms with E-state index in [2.05, 4.69) is 54.5 Å². The van der Waals surface area contributed by atoms with Gasteiger partial charge in [0.1, 0.15) is 18.4 Å². The van der Waals surface area contributed by atoms with Gasteiger partial charge in [0.15, 0.2) is 0 Å².